The molecule has 1 amide bonds. The van der Waals surface area contributed by atoms with E-state index in [-0.39, 0.29) is 12.0 Å². The van der Waals surface area contributed by atoms with Gasteiger partial charge < -0.3 is 9.64 Å². The Balaban J connectivity index is 1.70. The second-order valence-corrected chi connectivity index (χ2v) is 6.30. The highest BCUT2D eigenvalue weighted by molar-refractivity contribution is 6.07. The van der Waals surface area contributed by atoms with E-state index in [2.05, 4.69) is 10.2 Å². The molecule has 3 aromatic rings. The van der Waals surface area contributed by atoms with Gasteiger partial charge in [0.2, 0.25) is 0 Å². The lowest BCUT2D eigenvalue weighted by atomic mass is 9.98. The standard InChI is InChI=1S/C21H19N3O2/c1-26-18-11-16-9-5-6-10-20(16)24(14-18)21(25)17-12-19(23-22-13-17)15-7-3-2-4-8-15/h2-10,12-13,18H,11,14H2,1H3. The van der Waals surface area contributed by atoms with Crippen molar-refractivity contribution in [2.75, 3.05) is 18.6 Å². The number of para-hydroxylation sites is 1. The van der Waals surface area contributed by atoms with Crippen LogP contribution in [0, 0.1) is 0 Å². The van der Waals surface area contributed by atoms with Gasteiger partial charge in [0.25, 0.3) is 5.91 Å². The molecule has 0 bridgehead atoms. The van der Waals surface area contributed by atoms with Gasteiger partial charge in [0.1, 0.15) is 0 Å². The van der Waals surface area contributed by atoms with E-state index < -0.39 is 0 Å². The van der Waals surface area contributed by atoms with Gasteiger partial charge >= 0.3 is 0 Å². The molecule has 1 aliphatic rings. The summed E-state index contributed by atoms with van der Waals surface area (Å²) >= 11 is 0. The largest absolute Gasteiger partial charge is 0.379 e. The molecule has 0 saturated heterocycles. The summed E-state index contributed by atoms with van der Waals surface area (Å²) in [5, 5.41) is 8.21. The first-order valence-corrected chi connectivity index (χ1v) is 8.57. The van der Waals surface area contributed by atoms with Gasteiger partial charge in [-0.3, -0.25) is 4.79 Å². The van der Waals surface area contributed by atoms with Gasteiger partial charge in [0.15, 0.2) is 0 Å². The monoisotopic (exact) mass is 345 g/mol. The van der Waals surface area contributed by atoms with E-state index in [4.69, 9.17) is 4.74 Å². The molecule has 26 heavy (non-hydrogen) atoms. The number of rotatable bonds is 3. The molecule has 0 radical (unpaired) electrons. The Morgan fingerprint density at radius 1 is 1.12 bits per heavy atom. The minimum absolute atomic E-state index is 0.0164. The number of anilines is 1. The van der Waals surface area contributed by atoms with E-state index in [0.717, 1.165) is 23.2 Å². The number of ether oxygens (including phenoxy) is 1. The highest BCUT2D eigenvalue weighted by atomic mass is 16.5. The molecule has 1 unspecified atom stereocenters. The molecule has 2 aromatic carbocycles. The van der Waals surface area contributed by atoms with Crippen LogP contribution in [0.25, 0.3) is 11.3 Å². The number of carbonyl (C=O) groups is 1. The minimum Gasteiger partial charge on any atom is -0.379 e. The molecule has 0 aliphatic carbocycles. The normalized spacial score (nSPS) is 16.2. The molecule has 1 aromatic heterocycles. The summed E-state index contributed by atoms with van der Waals surface area (Å²) in [7, 11) is 1.68. The number of benzene rings is 2. The second-order valence-electron chi connectivity index (χ2n) is 6.30. The van der Waals surface area contributed by atoms with Crippen LogP contribution in [0.3, 0.4) is 0 Å². The van der Waals surface area contributed by atoms with E-state index in [0.29, 0.717) is 17.8 Å². The van der Waals surface area contributed by atoms with Crippen LogP contribution in [-0.2, 0) is 11.2 Å². The summed E-state index contributed by atoms with van der Waals surface area (Å²) in [5.41, 5.74) is 4.19. The quantitative estimate of drug-likeness (QED) is 0.730. The highest BCUT2D eigenvalue weighted by Crippen LogP contribution is 2.29. The molecule has 4 rings (SSSR count). The first kappa shape index (κ1) is 16.4. The summed E-state index contributed by atoms with van der Waals surface area (Å²) in [6.45, 7) is 0.523. The molecule has 0 spiro atoms. The maximum Gasteiger partial charge on any atom is 0.260 e. The fourth-order valence-corrected chi connectivity index (χ4v) is 3.30. The molecule has 1 atom stereocenters. The zero-order valence-electron chi connectivity index (χ0n) is 14.5. The van der Waals surface area contributed by atoms with Crippen molar-refractivity contribution >= 4 is 11.6 Å². The summed E-state index contributed by atoms with van der Waals surface area (Å²) in [6, 6.07) is 19.5. The van der Waals surface area contributed by atoms with Gasteiger partial charge in [-0.2, -0.15) is 10.2 Å². The Hall–Kier alpha value is -3.05. The lowest BCUT2D eigenvalue weighted by Gasteiger charge is -2.34. The predicted molar refractivity (Wildman–Crippen MR) is 100 cm³/mol. The van der Waals surface area contributed by atoms with Crippen molar-refractivity contribution in [1.29, 1.82) is 0 Å². The first-order chi connectivity index (χ1) is 12.8. The van der Waals surface area contributed by atoms with Crippen LogP contribution in [0.15, 0.2) is 66.9 Å². The number of nitrogens with zero attached hydrogens (tertiary/aromatic N) is 3. The smallest absolute Gasteiger partial charge is 0.260 e. The van der Waals surface area contributed by atoms with Crippen molar-refractivity contribution in [2.24, 2.45) is 0 Å². The van der Waals surface area contributed by atoms with E-state index in [1.54, 1.807) is 18.1 Å². The first-order valence-electron chi connectivity index (χ1n) is 8.57. The van der Waals surface area contributed by atoms with Crippen LogP contribution in [0.1, 0.15) is 15.9 Å². The third kappa shape index (κ3) is 3.09. The molecule has 0 saturated carbocycles. The molecule has 1 aliphatic heterocycles. The predicted octanol–water partition coefficient (Wildman–Crippen LogP) is 3.36. The Morgan fingerprint density at radius 2 is 1.88 bits per heavy atom. The SMILES string of the molecule is COC1Cc2ccccc2N(C(=O)c2cnnc(-c3ccccc3)c2)C1. The van der Waals surface area contributed by atoms with E-state index >= 15 is 0 Å². The van der Waals surface area contributed by atoms with Crippen LogP contribution >= 0.6 is 0 Å². The van der Waals surface area contributed by atoms with E-state index in [1.165, 1.54) is 6.20 Å². The third-order valence-corrected chi connectivity index (χ3v) is 4.67. The fraction of sp³-hybridized carbons (Fsp3) is 0.190. The number of methoxy groups -OCH3 is 1. The Morgan fingerprint density at radius 3 is 2.69 bits per heavy atom. The van der Waals surface area contributed by atoms with Gasteiger partial charge in [-0.1, -0.05) is 48.5 Å². The van der Waals surface area contributed by atoms with E-state index in [1.807, 2.05) is 54.6 Å². The maximum absolute atomic E-state index is 13.2. The summed E-state index contributed by atoms with van der Waals surface area (Å²) < 4.78 is 5.54. The number of hydrogen-bond acceptors (Lipinski definition) is 4. The van der Waals surface area contributed by atoms with Crippen molar-refractivity contribution in [3.63, 3.8) is 0 Å². The lowest BCUT2D eigenvalue weighted by molar-refractivity contribution is 0.0870. The van der Waals surface area contributed by atoms with Crippen LogP contribution in [-0.4, -0.2) is 35.9 Å². The number of aromatic nitrogens is 2. The van der Waals surface area contributed by atoms with E-state index in [9.17, 15) is 4.79 Å². The molecule has 2 heterocycles. The number of amides is 1. The summed E-state index contributed by atoms with van der Waals surface area (Å²) in [6.07, 6.45) is 2.31. The van der Waals surface area contributed by atoms with Crippen LogP contribution in [0.2, 0.25) is 0 Å². The fourth-order valence-electron chi connectivity index (χ4n) is 3.30. The average molecular weight is 345 g/mol. The lowest BCUT2D eigenvalue weighted by Crippen LogP contribution is -2.43. The van der Waals surface area contributed by atoms with Crippen molar-refractivity contribution in [1.82, 2.24) is 10.2 Å². The summed E-state index contributed by atoms with van der Waals surface area (Å²) in [5.74, 6) is -0.0914. The molecular weight excluding hydrogens is 326 g/mol. The van der Waals surface area contributed by atoms with Gasteiger partial charge in [0, 0.05) is 24.8 Å². The van der Waals surface area contributed by atoms with Gasteiger partial charge in [-0.15, -0.1) is 0 Å². The Kier molecular flexibility index (Phi) is 4.46. The van der Waals surface area contributed by atoms with Gasteiger partial charge in [0.05, 0.1) is 30.1 Å². The number of fused-ring (bicyclic) bond motifs is 1. The number of carbonyl (C=O) groups excluding carboxylic acids is 1. The third-order valence-electron chi connectivity index (χ3n) is 4.67. The molecule has 0 fully saturated rings. The second kappa shape index (κ2) is 7.06. The highest BCUT2D eigenvalue weighted by Gasteiger charge is 2.29. The van der Waals surface area contributed by atoms with Crippen LogP contribution in [0.4, 0.5) is 5.69 Å². The van der Waals surface area contributed by atoms with Gasteiger partial charge in [-0.25, -0.2) is 0 Å². The van der Waals surface area contributed by atoms with Crippen LogP contribution in [0.5, 0.6) is 0 Å². The molecule has 130 valence electrons. The Labute approximate surface area is 152 Å². The minimum atomic E-state index is -0.0914. The summed E-state index contributed by atoms with van der Waals surface area (Å²) in [4.78, 5) is 15.0. The van der Waals surface area contributed by atoms with Crippen molar-refractivity contribution in [3.05, 3.63) is 78.0 Å². The van der Waals surface area contributed by atoms with Crippen LogP contribution < -0.4 is 4.90 Å². The molecule has 0 N–H and O–H groups in total. The zero-order chi connectivity index (χ0) is 17.9. The van der Waals surface area contributed by atoms with Crippen molar-refractivity contribution in [2.45, 2.75) is 12.5 Å². The Bertz CT molecular complexity index is 927. The molecule has 5 heteroatoms. The van der Waals surface area contributed by atoms with Crippen molar-refractivity contribution in [3.8, 4) is 11.3 Å². The molecule has 5 nitrogen and oxygen atoms in total. The van der Waals surface area contributed by atoms with Gasteiger partial charge in [-0.05, 0) is 17.7 Å². The number of hydrogen-bond donors (Lipinski definition) is 0. The zero-order valence-corrected chi connectivity index (χ0v) is 14.5. The van der Waals surface area contributed by atoms with Crippen molar-refractivity contribution < 1.29 is 9.53 Å². The maximum atomic E-state index is 13.2. The topological polar surface area (TPSA) is 55.3 Å². The molecular formula is C21H19N3O2. The average Bonchev–Trinajstić information content (AvgIpc) is 2.73.